The van der Waals surface area contributed by atoms with E-state index in [1.807, 2.05) is 4.90 Å². The molecule has 2 aromatic rings. The van der Waals surface area contributed by atoms with Crippen LogP contribution in [-0.4, -0.2) is 44.9 Å². The summed E-state index contributed by atoms with van der Waals surface area (Å²) in [4.78, 5) is 33.0. The first-order valence-corrected chi connectivity index (χ1v) is 8.01. The second kappa shape index (κ2) is 7.43. The Balaban J connectivity index is 1.68. The molecule has 1 aromatic heterocycles. The first-order chi connectivity index (χ1) is 12.0. The molecule has 2 atom stereocenters. The highest BCUT2D eigenvalue weighted by atomic mass is 19.1. The molecular formula is C17H19FN4O3. The van der Waals surface area contributed by atoms with E-state index in [0.717, 1.165) is 5.82 Å². The number of hydrogen-bond acceptors (Lipinski definition) is 4. The number of carboxylic acid groups (broad SMARTS) is 1. The molecule has 1 fully saturated rings. The number of nitrogens with zero attached hydrogens (tertiary/aromatic N) is 2. The molecule has 0 saturated carbocycles. The fourth-order valence-corrected chi connectivity index (χ4v) is 3.06. The van der Waals surface area contributed by atoms with Crippen molar-refractivity contribution in [2.75, 3.05) is 18.4 Å². The lowest BCUT2D eigenvalue weighted by Crippen LogP contribution is -2.46. The maximum atomic E-state index is 13.0. The number of anilines is 1. The van der Waals surface area contributed by atoms with Gasteiger partial charge in [-0.25, -0.2) is 9.37 Å². The van der Waals surface area contributed by atoms with Crippen molar-refractivity contribution in [1.82, 2.24) is 14.9 Å². The Bertz CT molecular complexity index is 733. The summed E-state index contributed by atoms with van der Waals surface area (Å²) in [5.41, 5.74) is 0.487. The van der Waals surface area contributed by atoms with E-state index in [1.54, 1.807) is 12.4 Å². The monoisotopic (exact) mass is 346 g/mol. The Morgan fingerprint density at radius 3 is 2.64 bits per heavy atom. The lowest BCUT2D eigenvalue weighted by atomic mass is 9.88. The summed E-state index contributed by atoms with van der Waals surface area (Å²) in [5, 5.41) is 12.1. The van der Waals surface area contributed by atoms with Gasteiger partial charge in [-0.05, 0) is 30.7 Å². The van der Waals surface area contributed by atoms with Crippen molar-refractivity contribution in [1.29, 1.82) is 0 Å². The maximum Gasteiger partial charge on any atom is 0.307 e. The van der Waals surface area contributed by atoms with Gasteiger partial charge in [0.25, 0.3) is 0 Å². The van der Waals surface area contributed by atoms with E-state index in [2.05, 4.69) is 15.3 Å². The van der Waals surface area contributed by atoms with Gasteiger partial charge in [0.2, 0.25) is 5.91 Å². The van der Waals surface area contributed by atoms with Crippen LogP contribution in [0.25, 0.3) is 0 Å². The molecule has 132 valence electrons. The van der Waals surface area contributed by atoms with Gasteiger partial charge < -0.3 is 15.4 Å². The van der Waals surface area contributed by atoms with Crippen molar-refractivity contribution in [2.45, 2.75) is 13.0 Å². The topological polar surface area (TPSA) is 98.3 Å². The van der Waals surface area contributed by atoms with Gasteiger partial charge in [-0.2, -0.15) is 0 Å². The lowest BCUT2D eigenvalue weighted by molar-refractivity contribution is -0.145. The maximum absolute atomic E-state index is 13.0. The molecule has 1 aromatic carbocycles. The van der Waals surface area contributed by atoms with Crippen molar-refractivity contribution in [2.24, 2.45) is 11.8 Å². The highest BCUT2D eigenvalue weighted by Crippen LogP contribution is 2.24. The van der Waals surface area contributed by atoms with Crippen LogP contribution >= 0.6 is 0 Å². The third-order valence-corrected chi connectivity index (χ3v) is 4.29. The minimum absolute atomic E-state index is 0.262. The van der Waals surface area contributed by atoms with Gasteiger partial charge >= 0.3 is 5.97 Å². The molecule has 8 heteroatoms. The number of amides is 1. The smallest absolute Gasteiger partial charge is 0.307 e. The number of halogens is 1. The fourth-order valence-electron chi connectivity index (χ4n) is 3.06. The van der Waals surface area contributed by atoms with Gasteiger partial charge in [0.1, 0.15) is 11.6 Å². The molecule has 0 radical (unpaired) electrons. The molecule has 1 aliphatic rings. The predicted molar refractivity (Wildman–Crippen MR) is 88.1 cm³/mol. The number of H-pyrrole nitrogens is 1. The molecule has 3 N–H and O–H groups in total. The number of likely N-dealkylation sites (tertiary alicyclic amines) is 1. The van der Waals surface area contributed by atoms with Crippen LogP contribution in [0.5, 0.6) is 0 Å². The molecule has 25 heavy (non-hydrogen) atoms. The first kappa shape index (κ1) is 17.1. The molecule has 1 saturated heterocycles. The van der Waals surface area contributed by atoms with Crippen molar-refractivity contribution < 1.29 is 19.1 Å². The summed E-state index contributed by atoms with van der Waals surface area (Å²) < 4.78 is 13.0. The largest absolute Gasteiger partial charge is 0.481 e. The van der Waals surface area contributed by atoms with Crippen LogP contribution in [0.3, 0.4) is 0 Å². The highest BCUT2D eigenvalue weighted by molar-refractivity contribution is 5.93. The summed E-state index contributed by atoms with van der Waals surface area (Å²) in [6.45, 7) is 1.27. The Hall–Kier alpha value is -2.74. The van der Waals surface area contributed by atoms with Crippen LogP contribution in [0, 0.1) is 17.7 Å². The van der Waals surface area contributed by atoms with Gasteiger partial charge in [0.05, 0.1) is 18.4 Å². The highest BCUT2D eigenvalue weighted by Gasteiger charge is 2.35. The van der Waals surface area contributed by atoms with Crippen LogP contribution in [0.4, 0.5) is 10.1 Å². The molecule has 0 bridgehead atoms. The van der Waals surface area contributed by atoms with Crippen molar-refractivity contribution in [3.8, 4) is 0 Å². The molecule has 0 aliphatic carbocycles. The van der Waals surface area contributed by atoms with Gasteiger partial charge in [-0.3, -0.25) is 14.5 Å². The van der Waals surface area contributed by atoms with Gasteiger partial charge in [-0.15, -0.1) is 0 Å². The van der Waals surface area contributed by atoms with Gasteiger partial charge in [0.15, 0.2) is 0 Å². The molecule has 3 rings (SSSR count). The number of nitrogens with one attached hydrogen (secondary N) is 2. The van der Waals surface area contributed by atoms with Crippen molar-refractivity contribution in [3.05, 3.63) is 48.3 Å². The number of benzene rings is 1. The van der Waals surface area contributed by atoms with E-state index < -0.39 is 17.8 Å². The number of piperidine rings is 1. The van der Waals surface area contributed by atoms with E-state index >= 15 is 0 Å². The number of carboxylic acids is 1. The average molecular weight is 346 g/mol. The van der Waals surface area contributed by atoms with E-state index in [1.165, 1.54) is 24.3 Å². The molecule has 0 unspecified atom stereocenters. The number of imidazole rings is 1. The second-order valence-electron chi connectivity index (χ2n) is 6.19. The molecule has 1 aliphatic heterocycles. The average Bonchev–Trinajstić information content (AvgIpc) is 3.09. The van der Waals surface area contributed by atoms with Crippen LogP contribution in [0.15, 0.2) is 36.7 Å². The molecular weight excluding hydrogens is 327 g/mol. The third kappa shape index (κ3) is 4.42. The number of carbonyl (C=O) groups is 2. The Kier molecular flexibility index (Phi) is 5.08. The van der Waals surface area contributed by atoms with Crippen LogP contribution in [-0.2, 0) is 16.1 Å². The number of aromatic amines is 1. The SMILES string of the molecule is O=C(O)[C@H]1C[C@@H](C(=O)Nc2ccc(F)cc2)CN(Cc2ncc[nH]2)C1. The van der Waals surface area contributed by atoms with E-state index in [0.29, 0.717) is 25.3 Å². The van der Waals surface area contributed by atoms with Crippen LogP contribution < -0.4 is 5.32 Å². The fraction of sp³-hybridized carbons (Fsp3) is 0.353. The standard InChI is InChI=1S/C17H19FN4O3/c18-13-1-3-14(4-2-13)21-16(23)11-7-12(17(24)25)9-22(8-11)10-15-19-5-6-20-15/h1-6,11-12H,7-10H2,(H,19,20)(H,21,23)(H,24,25)/t11-,12+/m1/s1. The lowest BCUT2D eigenvalue weighted by Gasteiger charge is -2.35. The molecule has 2 heterocycles. The number of rotatable bonds is 5. The first-order valence-electron chi connectivity index (χ1n) is 8.01. The third-order valence-electron chi connectivity index (χ3n) is 4.29. The Morgan fingerprint density at radius 1 is 1.28 bits per heavy atom. The minimum atomic E-state index is -0.913. The van der Waals surface area contributed by atoms with Gasteiger partial charge in [-0.1, -0.05) is 0 Å². The quantitative estimate of drug-likeness (QED) is 0.766. The molecule has 7 nitrogen and oxygen atoms in total. The number of carbonyl (C=O) groups excluding carboxylic acids is 1. The number of hydrogen-bond donors (Lipinski definition) is 3. The number of aliphatic carboxylic acids is 1. The molecule has 1 amide bonds. The van der Waals surface area contributed by atoms with Crippen LogP contribution in [0.1, 0.15) is 12.2 Å². The van der Waals surface area contributed by atoms with E-state index in [4.69, 9.17) is 0 Å². The minimum Gasteiger partial charge on any atom is -0.481 e. The predicted octanol–water partition coefficient (Wildman–Crippen LogP) is 1.71. The Labute approximate surface area is 143 Å². The number of aromatic nitrogens is 2. The van der Waals surface area contributed by atoms with Gasteiger partial charge in [0, 0.05) is 31.2 Å². The van der Waals surface area contributed by atoms with Crippen LogP contribution in [0.2, 0.25) is 0 Å². The van der Waals surface area contributed by atoms with Crippen molar-refractivity contribution >= 4 is 17.6 Å². The Morgan fingerprint density at radius 2 is 2.00 bits per heavy atom. The summed E-state index contributed by atoms with van der Waals surface area (Å²) in [5.74, 6) is -1.91. The molecule has 0 spiro atoms. The summed E-state index contributed by atoms with van der Waals surface area (Å²) in [7, 11) is 0. The summed E-state index contributed by atoms with van der Waals surface area (Å²) in [6.07, 6.45) is 3.61. The summed E-state index contributed by atoms with van der Waals surface area (Å²) in [6, 6.07) is 5.48. The van der Waals surface area contributed by atoms with E-state index in [9.17, 15) is 19.1 Å². The zero-order valence-corrected chi connectivity index (χ0v) is 13.5. The second-order valence-corrected chi connectivity index (χ2v) is 6.19. The normalized spacial score (nSPS) is 21.0. The zero-order valence-electron chi connectivity index (χ0n) is 13.5. The zero-order chi connectivity index (χ0) is 17.8. The van der Waals surface area contributed by atoms with E-state index in [-0.39, 0.29) is 18.1 Å². The summed E-state index contributed by atoms with van der Waals surface area (Å²) >= 11 is 0. The van der Waals surface area contributed by atoms with Crippen molar-refractivity contribution in [3.63, 3.8) is 0 Å².